The molecule has 5 nitrogen and oxygen atoms in total. The Kier molecular flexibility index (Phi) is 3.45. The van der Waals surface area contributed by atoms with E-state index in [2.05, 4.69) is 15.9 Å². The Hall–Kier alpha value is -1.15. The SMILES string of the molecule is Nc1c(C(=O)N2CC(O)C(O)C2)sc2cccc(Br)c12. The number of anilines is 1. The summed E-state index contributed by atoms with van der Waals surface area (Å²) in [6.45, 7) is 0.268. The number of nitrogens with two attached hydrogens (primary N) is 1. The Morgan fingerprint density at radius 3 is 2.60 bits per heavy atom. The van der Waals surface area contributed by atoms with Crippen LogP contribution in [0.4, 0.5) is 5.69 Å². The second-order valence-electron chi connectivity index (χ2n) is 4.80. The van der Waals surface area contributed by atoms with Gasteiger partial charge in [0.2, 0.25) is 0 Å². The maximum absolute atomic E-state index is 12.5. The summed E-state index contributed by atoms with van der Waals surface area (Å²) in [5.41, 5.74) is 6.53. The van der Waals surface area contributed by atoms with Crippen LogP contribution < -0.4 is 5.73 Å². The summed E-state index contributed by atoms with van der Waals surface area (Å²) in [6, 6.07) is 5.68. The van der Waals surface area contributed by atoms with Gasteiger partial charge in [0.25, 0.3) is 5.91 Å². The fourth-order valence-corrected chi connectivity index (χ4v) is 4.19. The molecule has 7 heteroatoms. The molecule has 0 spiro atoms. The minimum Gasteiger partial charge on any atom is -0.397 e. The molecule has 1 fully saturated rings. The fourth-order valence-electron chi connectivity index (χ4n) is 2.37. The van der Waals surface area contributed by atoms with Crippen molar-refractivity contribution in [3.63, 3.8) is 0 Å². The summed E-state index contributed by atoms with van der Waals surface area (Å²) in [5.74, 6) is -0.244. The Morgan fingerprint density at radius 1 is 1.35 bits per heavy atom. The molecule has 2 atom stereocenters. The Morgan fingerprint density at radius 2 is 2.00 bits per heavy atom. The molecule has 106 valence electrons. The molecule has 1 aliphatic rings. The number of thiophene rings is 1. The van der Waals surface area contributed by atoms with E-state index in [0.717, 1.165) is 14.6 Å². The van der Waals surface area contributed by atoms with Gasteiger partial charge in [0, 0.05) is 27.6 Å². The summed E-state index contributed by atoms with van der Waals surface area (Å²) in [6.07, 6.45) is -1.78. The maximum Gasteiger partial charge on any atom is 0.266 e. The highest BCUT2D eigenvalue weighted by Gasteiger charge is 2.34. The predicted octanol–water partition coefficient (Wildman–Crippen LogP) is 1.42. The van der Waals surface area contributed by atoms with Crippen molar-refractivity contribution in [2.75, 3.05) is 18.8 Å². The van der Waals surface area contributed by atoms with Crippen molar-refractivity contribution in [3.8, 4) is 0 Å². The second-order valence-corrected chi connectivity index (χ2v) is 6.71. The Labute approximate surface area is 127 Å². The number of carbonyl (C=O) groups excluding carboxylic acids is 1. The Bertz CT molecular complexity index is 678. The first-order chi connectivity index (χ1) is 9.49. The molecular weight excluding hydrogens is 344 g/mol. The van der Waals surface area contributed by atoms with Crippen molar-refractivity contribution in [1.82, 2.24) is 4.90 Å². The van der Waals surface area contributed by atoms with Gasteiger partial charge in [-0.1, -0.05) is 22.0 Å². The van der Waals surface area contributed by atoms with Crippen molar-refractivity contribution in [2.24, 2.45) is 0 Å². The zero-order valence-corrected chi connectivity index (χ0v) is 12.8. The van der Waals surface area contributed by atoms with Gasteiger partial charge in [0.1, 0.15) is 4.88 Å². The highest BCUT2D eigenvalue weighted by Crippen LogP contribution is 2.39. The van der Waals surface area contributed by atoms with Gasteiger partial charge in [-0.2, -0.15) is 0 Å². The molecule has 1 amide bonds. The normalized spacial score (nSPS) is 22.6. The van der Waals surface area contributed by atoms with Crippen LogP contribution in [0.3, 0.4) is 0 Å². The lowest BCUT2D eigenvalue weighted by atomic mass is 10.2. The van der Waals surface area contributed by atoms with Crippen LogP contribution in [0.2, 0.25) is 0 Å². The third-order valence-corrected chi connectivity index (χ3v) is 5.26. The predicted molar refractivity (Wildman–Crippen MR) is 81.9 cm³/mol. The molecule has 2 heterocycles. The van der Waals surface area contributed by atoms with Crippen molar-refractivity contribution in [1.29, 1.82) is 0 Å². The fraction of sp³-hybridized carbons (Fsp3) is 0.308. The number of aliphatic hydroxyl groups is 2. The summed E-state index contributed by atoms with van der Waals surface area (Å²) in [7, 11) is 0. The molecule has 1 aromatic heterocycles. The van der Waals surface area contributed by atoms with E-state index in [-0.39, 0.29) is 19.0 Å². The largest absolute Gasteiger partial charge is 0.397 e. The minimum absolute atomic E-state index is 0.134. The van der Waals surface area contributed by atoms with E-state index in [1.54, 1.807) is 0 Å². The van der Waals surface area contributed by atoms with Gasteiger partial charge in [-0.25, -0.2) is 0 Å². The molecule has 0 bridgehead atoms. The summed E-state index contributed by atoms with van der Waals surface area (Å²) in [5, 5.41) is 19.9. The monoisotopic (exact) mass is 356 g/mol. The maximum atomic E-state index is 12.5. The van der Waals surface area contributed by atoms with Crippen LogP contribution in [-0.2, 0) is 0 Å². The number of nitrogen functional groups attached to an aromatic ring is 1. The standard InChI is InChI=1S/C13H13BrN2O3S/c14-6-2-1-3-9-10(6)11(15)12(20-9)13(19)16-4-7(17)8(18)5-16/h1-3,7-8,17-18H,4-5,15H2. The number of halogens is 1. The van der Waals surface area contributed by atoms with E-state index in [1.165, 1.54) is 16.2 Å². The van der Waals surface area contributed by atoms with E-state index in [1.807, 2.05) is 18.2 Å². The summed E-state index contributed by atoms with van der Waals surface area (Å²) in [4.78, 5) is 14.3. The smallest absolute Gasteiger partial charge is 0.266 e. The van der Waals surface area contributed by atoms with Crippen LogP contribution in [0.25, 0.3) is 10.1 Å². The average Bonchev–Trinajstić information content (AvgIpc) is 2.91. The molecule has 2 aromatic rings. The van der Waals surface area contributed by atoms with Crippen LogP contribution in [0.15, 0.2) is 22.7 Å². The van der Waals surface area contributed by atoms with Crippen LogP contribution in [0, 0.1) is 0 Å². The summed E-state index contributed by atoms with van der Waals surface area (Å²) >= 11 is 4.76. The first kappa shape index (κ1) is 13.8. The number of carbonyl (C=O) groups is 1. The van der Waals surface area contributed by atoms with Gasteiger partial charge in [0.05, 0.1) is 17.9 Å². The number of amides is 1. The highest BCUT2D eigenvalue weighted by atomic mass is 79.9. The van der Waals surface area contributed by atoms with Crippen molar-refractivity contribution >= 4 is 48.9 Å². The van der Waals surface area contributed by atoms with E-state index in [4.69, 9.17) is 5.73 Å². The van der Waals surface area contributed by atoms with Crippen molar-refractivity contribution < 1.29 is 15.0 Å². The van der Waals surface area contributed by atoms with E-state index >= 15 is 0 Å². The molecule has 0 aliphatic carbocycles. The lowest BCUT2D eigenvalue weighted by molar-refractivity contribution is 0.0572. The molecule has 1 aromatic carbocycles. The molecule has 1 saturated heterocycles. The van der Waals surface area contributed by atoms with Crippen LogP contribution in [-0.4, -0.2) is 46.3 Å². The lowest BCUT2D eigenvalue weighted by Crippen LogP contribution is -2.29. The van der Waals surface area contributed by atoms with Crippen LogP contribution in [0.1, 0.15) is 9.67 Å². The first-order valence-electron chi connectivity index (χ1n) is 6.11. The number of hydrogen-bond donors (Lipinski definition) is 3. The van der Waals surface area contributed by atoms with Crippen LogP contribution in [0.5, 0.6) is 0 Å². The van der Waals surface area contributed by atoms with Gasteiger partial charge in [-0.15, -0.1) is 11.3 Å². The molecule has 2 unspecified atom stereocenters. The number of nitrogens with zero attached hydrogens (tertiary/aromatic N) is 1. The van der Waals surface area contributed by atoms with Gasteiger partial charge >= 0.3 is 0 Å². The molecule has 3 rings (SSSR count). The number of hydrogen-bond acceptors (Lipinski definition) is 5. The van der Waals surface area contributed by atoms with Gasteiger partial charge in [-0.05, 0) is 12.1 Å². The number of rotatable bonds is 1. The minimum atomic E-state index is -0.888. The van der Waals surface area contributed by atoms with Crippen LogP contribution >= 0.6 is 27.3 Å². The topological polar surface area (TPSA) is 86.8 Å². The van der Waals surface area contributed by atoms with E-state index in [9.17, 15) is 15.0 Å². The third kappa shape index (κ3) is 2.10. The quantitative estimate of drug-likeness (QED) is 0.721. The zero-order chi connectivity index (χ0) is 14.4. The number of aliphatic hydroxyl groups excluding tert-OH is 2. The highest BCUT2D eigenvalue weighted by molar-refractivity contribution is 9.10. The second kappa shape index (κ2) is 5.00. The van der Waals surface area contributed by atoms with E-state index in [0.29, 0.717) is 10.6 Å². The van der Waals surface area contributed by atoms with Crippen molar-refractivity contribution in [2.45, 2.75) is 12.2 Å². The summed E-state index contributed by atoms with van der Waals surface area (Å²) < 4.78 is 1.78. The molecule has 0 radical (unpaired) electrons. The molecule has 20 heavy (non-hydrogen) atoms. The lowest BCUT2D eigenvalue weighted by Gasteiger charge is -2.14. The number of likely N-dealkylation sites (tertiary alicyclic amines) is 1. The molecular formula is C13H13BrN2O3S. The third-order valence-electron chi connectivity index (χ3n) is 3.44. The average molecular weight is 357 g/mol. The number of β-amino-alcohol motifs (C(OH)–C–C–N with tert-alkyl or cyclic N) is 2. The number of benzene rings is 1. The van der Waals surface area contributed by atoms with Gasteiger partial charge in [0.15, 0.2) is 0 Å². The molecule has 1 aliphatic heterocycles. The zero-order valence-electron chi connectivity index (χ0n) is 10.4. The van der Waals surface area contributed by atoms with E-state index < -0.39 is 12.2 Å². The van der Waals surface area contributed by atoms with Gasteiger partial charge in [-0.3, -0.25) is 4.79 Å². The first-order valence-corrected chi connectivity index (χ1v) is 7.72. The Balaban J connectivity index is 2.01. The molecule has 0 saturated carbocycles. The van der Waals surface area contributed by atoms with Crippen molar-refractivity contribution in [3.05, 3.63) is 27.5 Å². The molecule has 4 N–H and O–H groups in total. The number of fused-ring (bicyclic) bond motifs is 1. The van der Waals surface area contributed by atoms with Gasteiger partial charge < -0.3 is 20.8 Å².